The van der Waals surface area contributed by atoms with Gasteiger partial charge in [-0.25, -0.2) is 0 Å². The lowest BCUT2D eigenvalue weighted by molar-refractivity contribution is 0.306. The van der Waals surface area contributed by atoms with Gasteiger partial charge in [-0.3, -0.25) is 0 Å². The van der Waals surface area contributed by atoms with Crippen LogP contribution in [0.3, 0.4) is 0 Å². The van der Waals surface area contributed by atoms with Gasteiger partial charge in [-0.15, -0.1) is 0 Å². The van der Waals surface area contributed by atoms with Crippen molar-refractivity contribution in [2.24, 2.45) is 0 Å². The first-order valence-corrected chi connectivity index (χ1v) is 7.45. The summed E-state index contributed by atoms with van der Waals surface area (Å²) in [6.07, 6.45) is 0. The number of ether oxygens (including phenoxy) is 1. The summed E-state index contributed by atoms with van der Waals surface area (Å²) in [5.41, 5.74) is 1.15. The minimum absolute atomic E-state index is 0.555. The van der Waals surface area contributed by atoms with E-state index in [1.807, 2.05) is 60.7 Å². The molecule has 0 saturated carbocycles. The van der Waals surface area contributed by atoms with Crippen molar-refractivity contribution in [1.29, 1.82) is 0 Å². The topological polar surface area (TPSA) is 9.23 Å². The summed E-state index contributed by atoms with van der Waals surface area (Å²) >= 11 is 9.78. The lowest BCUT2D eigenvalue weighted by Crippen LogP contribution is -1.95. The van der Waals surface area contributed by atoms with Gasteiger partial charge in [0.05, 0.1) is 0 Å². The number of hydrogen-bond donors (Lipinski definition) is 0. The molecule has 0 aliphatic carbocycles. The van der Waals surface area contributed by atoms with Gasteiger partial charge >= 0.3 is 0 Å². The van der Waals surface area contributed by atoms with Crippen LogP contribution in [0.2, 0.25) is 5.02 Å². The molecule has 0 heterocycles. The fourth-order valence-electron chi connectivity index (χ4n) is 2.13. The van der Waals surface area contributed by atoms with Gasteiger partial charge in [-0.1, -0.05) is 54.1 Å². The molecule has 0 atom stereocenters. The maximum Gasteiger partial charge on any atom is 0.121 e. The molecule has 0 spiro atoms. The summed E-state index contributed by atoms with van der Waals surface area (Å²) in [6.45, 7) is 0.555. The maximum absolute atomic E-state index is 6.22. The third-order valence-corrected chi connectivity index (χ3v) is 4.04. The molecule has 100 valence electrons. The molecule has 3 aromatic carbocycles. The highest BCUT2D eigenvalue weighted by atomic mass is 79.9. The average molecular weight is 348 g/mol. The Morgan fingerprint density at radius 2 is 1.75 bits per heavy atom. The summed E-state index contributed by atoms with van der Waals surface area (Å²) in [7, 11) is 0. The Kier molecular flexibility index (Phi) is 3.95. The Balaban J connectivity index is 1.90. The van der Waals surface area contributed by atoms with Crippen molar-refractivity contribution in [2.45, 2.75) is 6.61 Å². The molecule has 0 N–H and O–H groups in total. The zero-order valence-electron chi connectivity index (χ0n) is 10.6. The van der Waals surface area contributed by atoms with Crippen molar-refractivity contribution < 1.29 is 4.74 Å². The Bertz CT molecular complexity index is 741. The number of hydrogen-bond acceptors (Lipinski definition) is 1. The largest absolute Gasteiger partial charge is 0.489 e. The first-order chi connectivity index (χ1) is 9.74. The summed E-state index contributed by atoms with van der Waals surface area (Å²) < 4.78 is 6.80. The van der Waals surface area contributed by atoms with E-state index in [0.29, 0.717) is 6.61 Å². The number of fused-ring (bicyclic) bond motifs is 1. The predicted octanol–water partition coefficient (Wildman–Crippen LogP) is 5.83. The van der Waals surface area contributed by atoms with Gasteiger partial charge in [-0.05, 0) is 45.1 Å². The fourth-order valence-corrected chi connectivity index (χ4v) is 3.20. The van der Waals surface area contributed by atoms with Crippen LogP contribution in [0.25, 0.3) is 10.8 Å². The monoisotopic (exact) mass is 346 g/mol. The molecule has 0 aliphatic heterocycles. The van der Waals surface area contributed by atoms with Crippen LogP contribution in [0.1, 0.15) is 5.56 Å². The van der Waals surface area contributed by atoms with Crippen LogP contribution in [0.4, 0.5) is 0 Å². The maximum atomic E-state index is 6.22. The molecular formula is C17H12BrClO. The van der Waals surface area contributed by atoms with E-state index >= 15 is 0 Å². The molecule has 3 heteroatoms. The van der Waals surface area contributed by atoms with Gasteiger partial charge in [0, 0.05) is 14.9 Å². The molecule has 20 heavy (non-hydrogen) atoms. The van der Waals surface area contributed by atoms with Crippen LogP contribution in [-0.4, -0.2) is 0 Å². The van der Waals surface area contributed by atoms with Crippen molar-refractivity contribution >= 4 is 38.3 Å². The van der Waals surface area contributed by atoms with E-state index in [0.717, 1.165) is 31.6 Å². The van der Waals surface area contributed by atoms with Crippen LogP contribution in [0.5, 0.6) is 5.75 Å². The lowest BCUT2D eigenvalue weighted by Gasteiger charge is -2.10. The highest BCUT2D eigenvalue weighted by molar-refractivity contribution is 9.10. The summed E-state index contributed by atoms with van der Waals surface area (Å²) in [5.74, 6) is 0.829. The van der Waals surface area contributed by atoms with Crippen LogP contribution in [0, 0.1) is 0 Å². The van der Waals surface area contributed by atoms with Crippen molar-refractivity contribution in [2.75, 3.05) is 0 Å². The van der Waals surface area contributed by atoms with Crippen LogP contribution in [0.15, 0.2) is 65.1 Å². The smallest absolute Gasteiger partial charge is 0.121 e. The third kappa shape index (κ3) is 2.82. The average Bonchev–Trinajstić information content (AvgIpc) is 2.46. The van der Waals surface area contributed by atoms with Gasteiger partial charge in [0.1, 0.15) is 12.4 Å². The molecule has 0 bridgehead atoms. The van der Waals surface area contributed by atoms with Gasteiger partial charge in [-0.2, -0.15) is 0 Å². The van der Waals surface area contributed by atoms with Crippen LogP contribution < -0.4 is 4.74 Å². The standard InChI is InChI=1S/C17H12BrClO/c18-15-10-14(20-11-12-5-2-1-3-6-12)9-13-7-4-8-16(19)17(13)15/h1-10H,11H2. The number of halogens is 2. The number of benzene rings is 3. The third-order valence-electron chi connectivity index (χ3n) is 3.10. The van der Waals surface area contributed by atoms with Crippen molar-refractivity contribution in [3.8, 4) is 5.75 Å². The molecule has 3 aromatic rings. The second-order valence-electron chi connectivity index (χ2n) is 4.52. The van der Waals surface area contributed by atoms with Crippen molar-refractivity contribution in [3.63, 3.8) is 0 Å². The minimum atomic E-state index is 0.555. The normalized spacial score (nSPS) is 10.7. The molecule has 0 aliphatic rings. The molecular weight excluding hydrogens is 336 g/mol. The first-order valence-electron chi connectivity index (χ1n) is 6.28. The molecule has 0 radical (unpaired) electrons. The molecule has 0 saturated heterocycles. The number of rotatable bonds is 3. The molecule has 0 aromatic heterocycles. The van der Waals surface area contributed by atoms with Crippen molar-refractivity contribution in [1.82, 2.24) is 0 Å². The lowest BCUT2D eigenvalue weighted by atomic mass is 10.1. The van der Waals surface area contributed by atoms with E-state index in [9.17, 15) is 0 Å². The van der Waals surface area contributed by atoms with Crippen LogP contribution >= 0.6 is 27.5 Å². The Morgan fingerprint density at radius 1 is 0.950 bits per heavy atom. The van der Waals surface area contributed by atoms with Gasteiger partial charge in [0.15, 0.2) is 0 Å². The highest BCUT2D eigenvalue weighted by Gasteiger charge is 2.06. The van der Waals surface area contributed by atoms with E-state index in [1.54, 1.807) is 0 Å². The van der Waals surface area contributed by atoms with E-state index in [-0.39, 0.29) is 0 Å². The zero-order valence-corrected chi connectivity index (χ0v) is 13.0. The molecule has 0 fully saturated rings. The Labute approximate surface area is 131 Å². The van der Waals surface area contributed by atoms with E-state index in [4.69, 9.17) is 16.3 Å². The minimum Gasteiger partial charge on any atom is -0.489 e. The Morgan fingerprint density at radius 3 is 2.55 bits per heavy atom. The quantitative estimate of drug-likeness (QED) is 0.579. The summed E-state index contributed by atoms with van der Waals surface area (Å²) in [4.78, 5) is 0. The molecule has 3 rings (SSSR count). The second-order valence-corrected chi connectivity index (χ2v) is 5.78. The van der Waals surface area contributed by atoms with Gasteiger partial charge in [0.25, 0.3) is 0 Å². The predicted molar refractivity (Wildman–Crippen MR) is 87.4 cm³/mol. The molecule has 0 amide bonds. The summed E-state index contributed by atoms with van der Waals surface area (Å²) in [5, 5.41) is 2.82. The molecule has 0 unspecified atom stereocenters. The van der Waals surface area contributed by atoms with E-state index in [2.05, 4.69) is 15.9 Å². The van der Waals surface area contributed by atoms with Crippen LogP contribution in [-0.2, 0) is 6.61 Å². The fraction of sp³-hybridized carbons (Fsp3) is 0.0588. The summed E-state index contributed by atoms with van der Waals surface area (Å²) in [6, 6.07) is 19.9. The molecule has 1 nitrogen and oxygen atoms in total. The SMILES string of the molecule is Clc1cccc2cc(OCc3ccccc3)cc(Br)c12. The van der Waals surface area contributed by atoms with Gasteiger partial charge < -0.3 is 4.74 Å². The second kappa shape index (κ2) is 5.86. The zero-order chi connectivity index (χ0) is 13.9. The van der Waals surface area contributed by atoms with E-state index < -0.39 is 0 Å². The highest BCUT2D eigenvalue weighted by Crippen LogP contribution is 2.34. The van der Waals surface area contributed by atoms with Crippen molar-refractivity contribution in [3.05, 3.63) is 75.7 Å². The van der Waals surface area contributed by atoms with Gasteiger partial charge in [0.2, 0.25) is 0 Å². The van der Waals surface area contributed by atoms with E-state index in [1.165, 1.54) is 0 Å². The Hall–Kier alpha value is -1.51. The first kappa shape index (κ1) is 13.5.